The van der Waals surface area contributed by atoms with Crippen LogP contribution in [0, 0.1) is 0 Å². The highest BCUT2D eigenvalue weighted by atomic mass is 32.2. The van der Waals surface area contributed by atoms with Gasteiger partial charge in [-0.1, -0.05) is 0 Å². The molecule has 0 spiro atoms. The van der Waals surface area contributed by atoms with Gasteiger partial charge < -0.3 is 5.73 Å². The van der Waals surface area contributed by atoms with Gasteiger partial charge in [-0.25, -0.2) is 8.42 Å². The second-order valence-electron chi connectivity index (χ2n) is 4.28. The predicted octanol–water partition coefficient (Wildman–Crippen LogP) is 0.207. The van der Waals surface area contributed by atoms with Crippen molar-refractivity contribution in [3.63, 3.8) is 0 Å². The van der Waals surface area contributed by atoms with Crippen LogP contribution in [0.2, 0.25) is 0 Å². The number of hydrogen-bond acceptors (Lipinski definition) is 4. The molecular weight excluding hydrogens is 226 g/mol. The smallest absolute Gasteiger partial charge is 0.147 e. The van der Waals surface area contributed by atoms with Crippen molar-refractivity contribution in [2.75, 3.05) is 12.0 Å². The van der Waals surface area contributed by atoms with Gasteiger partial charge in [0, 0.05) is 25.0 Å². The molecule has 1 heterocycles. The molecule has 92 valence electrons. The van der Waals surface area contributed by atoms with Crippen molar-refractivity contribution in [3.05, 3.63) is 18.0 Å². The zero-order valence-electron chi connectivity index (χ0n) is 9.76. The second kappa shape index (κ2) is 5.45. The van der Waals surface area contributed by atoms with Gasteiger partial charge >= 0.3 is 0 Å². The molecule has 0 aliphatic heterocycles. The van der Waals surface area contributed by atoms with Gasteiger partial charge in [0.2, 0.25) is 0 Å². The zero-order valence-corrected chi connectivity index (χ0v) is 10.6. The highest BCUT2D eigenvalue weighted by Crippen LogP contribution is 2.02. The highest BCUT2D eigenvalue weighted by Gasteiger charge is 2.04. The number of aryl methyl sites for hydroxylation is 1. The van der Waals surface area contributed by atoms with Crippen LogP contribution in [0.3, 0.4) is 0 Å². The van der Waals surface area contributed by atoms with E-state index in [0.29, 0.717) is 13.0 Å². The Balaban J connectivity index is 2.41. The Bertz CT molecular complexity index is 423. The van der Waals surface area contributed by atoms with E-state index in [0.717, 1.165) is 12.0 Å². The van der Waals surface area contributed by atoms with Crippen LogP contribution in [-0.2, 0) is 22.8 Å². The van der Waals surface area contributed by atoms with Gasteiger partial charge in [-0.15, -0.1) is 0 Å². The summed E-state index contributed by atoms with van der Waals surface area (Å²) in [5.41, 5.74) is 6.77. The van der Waals surface area contributed by atoms with E-state index >= 15 is 0 Å². The normalized spacial score (nSPS) is 13.9. The fourth-order valence-corrected chi connectivity index (χ4v) is 2.15. The van der Waals surface area contributed by atoms with Gasteiger partial charge in [0.05, 0.1) is 11.9 Å². The van der Waals surface area contributed by atoms with E-state index in [-0.39, 0.29) is 11.8 Å². The van der Waals surface area contributed by atoms with Crippen LogP contribution in [0.5, 0.6) is 0 Å². The molecule has 1 aromatic heterocycles. The van der Waals surface area contributed by atoms with Crippen molar-refractivity contribution in [1.82, 2.24) is 9.78 Å². The molecule has 0 saturated heterocycles. The average Bonchev–Trinajstić information content (AvgIpc) is 2.49. The Morgan fingerprint density at radius 1 is 1.56 bits per heavy atom. The van der Waals surface area contributed by atoms with Gasteiger partial charge in [-0.2, -0.15) is 5.10 Å². The molecule has 5 nitrogen and oxygen atoms in total. The molecule has 0 aliphatic rings. The van der Waals surface area contributed by atoms with Crippen molar-refractivity contribution < 1.29 is 8.42 Å². The third-order valence-electron chi connectivity index (χ3n) is 2.15. The van der Waals surface area contributed by atoms with Gasteiger partial charge in [-0.05, 0) is 25.3 Å². The molecular formula is C10H19N3O2S. The Morgan fingerprint density at radius 3 is 2.81 bits per heavy atom. The Kier molecular flexibility index (Phi) is 4.49. The molecule has 0 aromatic carbocycles. The lowest BCUT2D eigenvalue weighted by Gasteiger charge is -2.01. The maximum absolute atomic E-state index is 10.9. The molecule has 0 amide bonds. The standard InChI is InChI=1S/C10H19N3O2S/c1-9(11)6-10-7-12-13(8-10)4-3-5-16(2,14)15/h7-9H,3-6,11H2,1-2H3. The summed E-state index contributed by atoms with van der Waals surface area (Å²) in [6.45, 7) is 2.58. The fraction of sp³-hybridized carbons (Fsp3) is 0.700. The number of sulfone groups is 1. The summed E-state index contributed by atoms with van der Waals surface area (Å²) in [5, 5.41) is 4.16. The van der Waals surface area contributed by atoms with Crippen LogP contribution < -0.4 is 5.73 Å². The first-order valence-electron chi connectivity index (χ1n) is 5.31. The number of nitrogens with two attached hydrogens (primary N) is 1. The first-order valence-corrected chi connectivity index (χ1v) is 7.37. The Morgan fingerprint density at radius 2 is 2.25 bits per heavy atom. The minimum absolute atomic E-state index is 0.119. The van der Waals surface area contributed by atoms with Crippen molar-refractivity contribution in [3.8, 4) is 0 Å². The number of hydrogen-bond donors (Lipinski definition) is 1. The molecule has 1 aromatic rings. The third kappa shape index (κ3) is 5.27. The summed E-state index contributed by atoms with van der Waals surface area (Å²) in [4.78, 5) is 0. The summed E-state index contributed by atoms with van der Waals surface area (Å²) in [6.07, 6.45) is 6.34. The summed E-state index contributed by atoms with van der Waals surface area (Å²) in [5.74, 6) is 0.204. The molecule has 1 unspecified atom stereocenters. The van der Waals surface area contributed by atoms with Gasteiger partial charge in [0.1, 0.15) is 9.84 Å². The number of rotatable bonds is 6. The Labute approximate surface area is 96.6 Å². The van der Waals surface area contributed by atoms with Crippen molar-refractivity contribution in [1.29, 1.82) is 0 Å². The molecule has 0 fully saturated rings. The molecule has 0 radical (unpaired) electrons. The molecule has 2 N–H and O–H groups in total. The molecule has 16 heavy (non-hydrogen) atoms. The minimum atomic E-state index is -2.87. The van der Waals surface area contributed by atoms with E-state index in [9.17, 15) is 8.42 Å². The first-order chi connectivity index (χ1) is 7.37. The monoisotopic (exact) mass is 245 g/mol. The van der Waals surface area contributed by atoms with Crippen LogP contribution in [0.25, 0.3) is 0 Å². The zero-order chi connectivity index (χ0) is 12.2. The van der Waals surface area contributed by atoms with Gasteiger partial charge in [0.15, 0.2) is 0 Å². The highest BCUT2D eigenvalue weighted by molar-refractivity contribution is 7.90. The van der Waals surface area contributed by atoms with Crippen LogP contribution in [-0.4, -0.2) is 36.2 Å². The predicted molar refractivity (Wildman–Crippen MR) is 63.9 cm³/mol. The van der Waals surface area contributed by atoms with Crippen molar-refractivity contribution in [2.24, 2.45) is 5.73 Å². The van der Waals surface area contributed by atoms with Crippen LogP contribution in [0.1, 0.15) is 18.9 Å². The maximum Gasteiger partial charge on any atom is 0.147 e. The van der Waals surface area contributed by atoms with Gasteiger partial charge in [0.25, 0.3) is 0 Å². The van der Waals surface area contributed by atoms with E-state index < -0.39 is 9.84 Å². The topological polar surface area (TPSA) is 78.0 Å². The maximum atomic E-state index is 10.9. The lowest BCUT2D eigenvalue weighted by atomic mass is 10.1. The van der Waals surface area contributed by atoms with E-state index in [2.05, 4.69) is 5.10 Å². The lowest BCUT2D eigenvalue weighted by molar-refractivity contribution is 0.576. The largest absolute Gasteiger partial charge is 0.328 e. The minimum Gasteiger partial charge on any atom is -0.328 e. The number of aromatic nitrogens is 2. The summed E-state index contributed by atoms with van der Waals surface area (Å²) in [6, 6.07) is 0.119. The molecule has 0 aliphatic carbocycles. The van der Waals surface area contributed by atoms with Crippen LogP contribution in [0.4, 0.5) is 0 Å². The van der Waals surface area contributed by atoms with Crippen LogP contribution in [0.15, 0.2) is 12.4 Å². The molecule has 0 saturated carbocycles. The number of nitrogens with zero attached hydrogens (tertiary/aromatic N) is 2. The third-order valence-corrected chi connectivity index (χ3v) is 3.18. The van der Waals surface area contributed by atoms with E-state index in [1.807, 2.05) is 13.1 Å². The van der Waals surface area contributed by atoms with E-state index in [4.69, 9.17) is 5.73 Å². The average molecular weight is 245 g/mol. The quantitative estimate of drug-likeness (QED) is 0.777. The summed E-state index contributed by atoms with van der Waals surface area (Å²) >= 11 is 0. The molecule has 6 heteroatoms. The van der Waals surface area contributed by atoms with E-state index in [1.54, 1.807) is 10.9 Å². The molecule has 0 bridgehead atoms. The van der Waals surface area contributed by atoms with E-state index in [1.165, 1.54) is 6.26 Å². The van der Waals surface area contributed by atoms with Gasteiger partial charge in [-0.3, -0.25) is 4.68 Å². The molecule has 1 rings (SSSR count). The summed E-state index contributed by atoms with van der Waals surface area (Å²) in [7, 11) is -2.87. The Hall–Kier alpha value is -0.880. The fourth-order valence-electron chi connectivity index (χ4n) is 1.49. The van der Waals surface area contributed by atoms with Crippen molar-refractivity contribution >= 4 is 9.84 Å². The van der Waals surface area contributed by atoms with Crippen LogP contribution >= 0.6 is 0 Å². The second-order valence-corrected chi connectivity index (χ2v) is 6.54. The SMILES string of the molecule is CC(N)Cc1cnn(CCCS(C)(=O)=O)c1. The lowest BCUT2D eigenvalue weighted by Crippen LogP contribution is -2.17. The van der Waals surface area contributed by atoms with Crippen molar-refractivity contribution in [2.45, 2.75) is 32.4 Å². The molecule has 1 atom stereocenters. The summed E-state index contributed by atoms with van der Waals surface area (Å²) < 4.78 is 23.6. The first kappa shape index (κ1) is 13.2.